The average molecular weight is 890 g/mol. The third-order valence-corrected chi connectivity index (χ3v) is 10.0. The zero-order valence-corrected chi connectivity index (χ0v) is 38.3. The van der Waals surface area contributed by atoms with Crippen LogP contribution in [0.15, 0.2) is 72.9 Å². The molecule has 18 heteroatoms. The first-order chi connectivity index (χ1) is 22.1. The van der Waals surface area contributed by atoms with Crippen LogP contribution in [0.2, 0.25) is 0 Å². The van der Waals surface area contributed by atoms with Crippen LogP contribution in [-0.4, -0.2) is 61.2 Å². The molecule has 0 radical (unpaired) electrons. The van der Waals surface area contributed by atoms with Gasteiger partial charge in [-0.2, -0.15) is 75.8 Å². The van der Waals surface area contributed by atoms with Gasteiger partial charge < -0.3 is 0 Å². The predicted molar refractivity (Wildman–Crippen MR) is 248 cm³/mol. The van der Waals surface area contributed by atoms with Crippen molar-refractivity contribution in [2.24, 2.45) is 0 Å². The third kappa shape index (κ3) is 53.5. The van der Waals surface area contributed by atoms with E-state index in [1.54, 1.807) is 41.5 Å². The highest BCUT2D eigenvalue weighted by Gasteiger charge is 2.01. The molecule has 0 amide bonds. The van der Waals surface area contributed by atoms with Gasteiger partial charge in [0.1, 0.15) is 0 Å². The third-order valence-electron chi connectivity index (χ3n) is 3.26. The second kappa shape index (κ2) is 43.8. The smallest absolute Gasteiger partial charge is 0.215 e. The predicted octanol–water partition coefficient (Wildman–Crippen LogP) is 10.3. The molecular weight excluding hydrogens is 841 g/mol. The van der Waals surface area contributed by atoms with E-state index < -0.39 is 0 Å². The average Bonchev–Trinajstić information content (AvgIpc) is 2.99. The Bertz CT molecular complexity index is 871. The molecule has 0 spiro atoms. The highest BCUT2D eigenvalue weighted by molar-refractivity contribution is 8.22. The number of carbonyl (C=O) groups is 6. The van der Waals surface area contributed by atoms with Gasteiger partial charge in [-0.1, -0.05) is 110 Å². The molecule has 0 aromatic heterocycles. The van der Waals surface area contributed by atoms with Gasteiger partial charge in [0.2, 0.25) is 30.7 Å². The van der Waals surface area contributed by atoms with E-state index in [0.717, 1.165) is 0 Å². The van der Waals surface area contributed by atoms with Gasteiger partial charge in [-0.05, 0) is 75.0 Å². The van der Waals surface area contributed by atoms with Crippen molar-refractivity contribution in [3.63, 3.8) is 0 Å². The van der Waals surface area contributed by atoms with Crippen LogP contribution in [0.25, 0.3) is 0 Å². The lowest BCUT2D eigenvalue weighted by atomic mass is 10.4. The largest absolute Gasteiger partial charge is 0.282 e. The van der Waals surface area contributed by atoms with E-state index in [1.165, 1.54) is 70.6 Å². The van der Waals surface area contributed by atoms with Crippen LogP contribution in [0.3, 0.4) is 0 Å². The van der Waals surface area contributed by atoms with E-state index in [1.807, 2.05) is 0 Å². The number of hydrogen-bond donors (Lipinski definition) is 6. The van der Waals surface area contributed by atoms with Gasteiger partial charge in [-0.3, -0.25) is 28.8 Å². The maximum atomic E-state index is 10.6. The minimum Gasteiger partial charge on any atom is -0.282 e. The molecule has 6 nitrogen and oxygen atoms in total. The Morgan fingerprint density at radius 2 is 0.396 bits per heavy atom. The summed E-state index contributed by atoms with van der Waals surface area (Å²) in [6.07, 6.45) is 0. The van der Waals surface area contributed by atoms with Gasteiger partial charge in [0.05, 0.1) is 0 Å². The number of hydrogen-bond acceptors (Lipinski definition) is 18. The Kier molecular flexibility index (Phi) is 55.4. The number of carbonyl (C=O) groups excluding carboxylic acids is 6. The fraction of sp³-hybridized carbons (Fsp3) is 0.400. The van der Waals surface area contributed by atoms with E-state index in [4.69, 9.17) is 0 Å². The summed E-state index contributed by atoms with van der Waals surface area (Å²) in [4.78, 5) is 63.3. The summed E-state index contributed by atoms with van der Waals surface area (Å²) in [7, 11) is 0. The monoisotopic (exact) mass is 888 g/mol. The molecule has 0 aromatic rings. The van der Waals surface area contributed by atoms with Gasteiger partial charge in [0.15, 0.2) is 0 Å². The molecule has 0 heterocycles. The molecule has 276 valence electrons. The van der Waals surface area contributed by atoms with E-state index in [-0.39, 0.29) is 30.7 Å². The topological polar surface area (TPSA) is 102 Å². The molecule has 0 atom stereocenters. The minimum absolute atomic E-state index is 0.0278. The number of thioether (sulfide) groups is 6. The zero-order valence-electron chi connectivity index (χ0n) is 28.1. The minimum atomic E-state index is 0.0278. The second-order valence-electron chi connectivity index (χ2n) is 8.05. The highest BCUT2D eigenvalue weighted by atomic mass is 32.2. The Morgan fingerprint density at radius 3 is 0.417 bits per heavy atom. The quantitative estimate of drug-likeness (QED) is 0.0639. The van der Waals surface area contributed by atoms with Crippen LogP contribution >= 0.6 is 146 Å². The lowest BCUT2D eigenvalue weighted by molar-refractivity contribution is -0.108. The fourth-order valence-corrected chi connectivity index (χ4v) is 5.38. The summed E-state index contributed by atoms with van der Waals surface area (Å²) >= 11 is 30.1. The van der Waals surface area contributed by atoms with Crippen molar-refractivity contribution in [2.45, 2.75) is 41.5 Å². The maximum Gasteiger partial charge on any atom is 0.215 e. The summed E-state index contributed by atoms with van der Waals surface area (Å²) in [5, 5.41) is 3.37. The molecule has 48 heavy (non-hydrogen) atoms. The standard InChI is InChI=1S/6C5H8OS2/c6*1-4(2)5(6)8-3-7/h6*7H,1,3H2,2H3. The lowest BCUT2D eigenvalue weighted by Gasteiger charge is -1.91. The van der Waals surface area contributed by atoms with Gasteiger partial charge >= 0.3 is 0 Å². The van der Waals surface area contributed by atoms with Crippen LogP contribution in [-0.2, 0) is 28.8 Å². The Balaban J connectivity index is -0.000000110. The molecule has 0 unspecified atom stereocenters. The molecular formula is C30H48O6S12. The Labute approximate surface area is 347 Å². The summed E-state index contributed by atoms with van der Waals surface area (Å²) < 4.78 is 0. The first-order valence-corrected chi connectivity index (χ1v) is 22.4. The molecule has 0 aliphatic rings. The van der Waals surface area contributed by atoms with Crippen molar-refractivity contribution in [3.8, 4) is 0 Å². The van der Waals surface area contributed by atoms with Crippen molar-refractivity contribution in [3.05, 3.63) is 72.9 Å². The van der Waals surface area contributed by atoms with Gasteiger partial charge in [-0.25, -0.2) is 0 Å². The molecule has 0 saturated carbocycles. The van der Waals surface area contributed by atoms with Crippen LogP contribution < -0.4 is 0 Å². The normalized spacial score (nSPS) is 8.75. The van der Waals surface area contributed by atoms with E-state index in [2.05, 4.69) is 115 Å². The summed E-state index contributed by atoms with van der Waals surface area (Å²) in [6.45, 7) is 31.0. The van der Waals surface area contributed by atoms with Gasteiger partial charge in [0, 0.05) is 30.5 Å². The van der Waals surface area contributed by atoms with E-state index >= 15 is 0 Å². The lowest BCUT2D eigenvalue weighted by Crippen LogP contribution is -1.89. The van der Waals surface area contributed by atoms with Gasteiger partial charge in [0.25, 0.3) is 0 Å². The van der Waals surface area contributed by atoms with Gasteiger partial charge in [-0.15, -0.1) is 0 Å². The van der Waals surface area contributed by atoms with Crippen molar-refractivity contribution in [1.29, 1.82) is 0 Å². The van der Waals surface area contributed by atoms with Crippen LogP contribution in [0, 0.1) is 0 Å². The summed E-state index contributed by atoms with van der Waals surface area (Å²) in [5.41, 5.74) is 3.52. The summed E-state index contributed by atoms with van der Waals surface area (Å²) in [5.74, 6) is 0. The van der Waals surface area contributed by atoms with E-state index in [0.29, 0.717) is 63.9 Å². The van der Waals surface area contributed by atoms with E-state index in [9.17, 15) is 28.8 Å². The van der Waals surface area contributed by atoms with Crippen molar-refractivity contribution >= 4 is 177 Å². The Hall–Kier alpha value is 0.660. The highest BCUT2D eigenvalue weighted by Crippen LogP contribution is 2.11. The molecule has 0 aromatic carbocycles. The van der Waals surface area contributed by atoms with Crippen molar-refractivity contribution in [2.75, 3.05) is 30.5 Å². The molecule has 0 aliphatic carbocycles. The number of thiol groups is 6. The van der Waals surface area contributed by atoms with Crippen LogP contribution in [0.1, 0.15) is 41.5 Å². The first kappa shape index (κ1) is 60.7. The maximum absolute atomic E-state index is 10.6. The molecule has 0 fully saturated rings. The Morgan fingerprint density at radius 1 is 0.312 bits per heavy atom. The molecule has 0 rings (SSSR count). The SMILES string of the molecule is C=C(C)C(=O)SCS.C=C(C)C(=O)SCS.C=C(C)C(=O)SCS.C=C(C)C(=O)SCS.C=C(C)C(=O)SCS.C=C(C)C(=O)SCS. The molecule has 0 saturated heterocycles. The van der Waals surface area contributed by atoms with Crippen LogP contribution in [0.5, 0.6) is 0 Å². The molecule has 0 aliphatic heterocycles. The number of rotatable bonds is 12. The fourth-order valence-electron chi connectivity index (χ4n) is 1.09. The second-order valence-corrected chi connectivity index (χ2v) is 18.2. The molecule has 0 bridgehead atoms. The molecule has 0 N–H and O–H groups in total. The first-order valence-electron chi connectivity index (χ1n) is 12.7. The zero-order chi connectivity index (χ0) is 39.4. The van der Waals surface area contributed by atoms with Crippen molar-refractivity contribution in [1.82, 2.24) is 0 Å². The van der Waals surface area contributed by atoms with Crippen LogP contribution in [0.4, 0.5) is 0 Å². The summed E-state index contributed by atoms with van der Waals surface area (Å²) in [6, 6.07) is 0. The van der Waals surface area contributed by atoms with Crippen molar-refractivity contribution < 1.29 is 28.8 Å².